The lowest BCUT2D eigenvalue weighted by atomic mass is 9.85. The van der Waals surface area contributed by atoms with Gasteiger partial charge in [-0.25, -0.2) is 0 Å². The molecule has 109 valence electrons. The third-order valence-electron chi connectivity index (χ3n) is 4.36. The molecule has 0 spiro atoms. The normalized spacial score (nSPS) is 11.2. The zero-order chi connectivity index (χ0) is 15.6. The summed E-state index contributed by atoms with van der Waals surface area (Å²) in [7, 11) is 0. The molecular formula is C23H17. The molecular weight excluding hydrogens is 276 g/mol. The van der Waals surface area contributed by atoms with Crippen molar-refractivity contribution in [1.29, 1.82) is 0 Å². The van der Waals surface area contributed by atoms with Gasteiger partial charge in [-0.15, -0.1) is 6.58 Å². The van der Waals surface area contributed by atoms with Crippen molar-refractivity contribution in [2.45, 2.75) is 0 Å². The van der Waals surface area contributed by atoms with Gasteiger partial charge in [-0.2, -0.15) is 0 Å². The first-order valence-electron chi connectivity index (χ1n) is 7.84. The van der Waals surface area contributed by atoms with Crippen molar-refractivity contribution in [2.75, 3.05) is 0 Å². The van der Waals surface area contributed by atoms with Crippen molar-refractivity contribution >= 4 is 21.5 Å². The summed E-state index contributed by atoms with van der Waals surface area (Å²) in [5, 5.41) is 5.03. The maximum absolute atomic E-state index is 4.09. The molecule has 0 N–H and O–H groups in total. The van der Waals surface area contributed by atoms with Crippen molar-refractivity contribution < 1.29 is 0 Å². The molecule has 0 heteroatoms. The van der Waals surface area contributed by atoms with Gasteiger partial charge in [0.25, 0.3) is 0 Å². The highest BCUT2D eigenvalue weighted by atomic mass is 14.2. The lowest BCUT2D eigenvalue weighted by molar-refractivity contribution is 1.34. The van der Waals surface area contributed by atoms with Gasteiger partial charge < -0.3 is 0 Å². The molecule has 0 saturated heterocycles. The van der Waals surface area contributed by atoms with E-state index in [1.165, 1.54) is 38.6 Å². The van der Waals surface area contributed by atoms with E-state index < -0.39 is 0 Å². The van der Waals surface area contributed by atoms with E-state index >= 15 is 0 Å². The largest absolute Gasteiger partial charge is 0.102 e. The summed E-state index contributed by atoms with van der Waals surface area (Å²) in [5.74, 6) is 1.18. The lowest BCUT2D eigenvalue weighted by Gasteiger charge is -2.17. The summed E-state index contributed by atoms with van der Waals surface area (Å²) >= 11 is 0. The van der Waals surface area contributed by atoms with Crippen LogP contribution >= 0.6 is 0 Å². The molecule has 4 aromatic carbocycles. The highest BCUT2D eigenvalue weighted by Gasteiger charge is 2.16. The minimum absolute atomic E-state index is 1.18. The molecule has 0 bridgehead atoms. The number of rotatable bonds is 3. The molecule has 0 amide bonds. The van der Waals surface area contributed by atoms with Crippen LogP contribution in [0.1, 0.15) is 11.1 Å². The summed E-state index contributed by atoms with van der Waals surface area (Å²) < 4.78 is 0. The van der Waals surface area contributed by atoms with Crippen LogP contribution in [0.15, 0.2) is 97.6 Å². The molecule has 0 saturated carbocycles. The van der Waals surface area contributed by atoms with Gasteiger partial charge in [-0.1, -0.05) is 91.0 Å². The highest BCUT2D eigenvalue weighted by Crippen LogP contribution is 2.34. The molecule has 0 fully saturated rings. The molecule has 0 atom stereocenters. The maximum Gasteiger partial charge on any atom is 0.0564 e. The van der Waals surface area contributed by atoms with Crippen LogP contribution in [0, 0.1) is 5.92 Å². The summed E-state index contributed by atoms with van der Waals surface area (Å²) in [6, 6.07) is 29.9. The van der Waals surface area contributed by atoms with Gasteiger partial charge in [-0.05, 0) is 32.7 Å². The fraction of sp³-hybridized carbons (Fsp3) is 0. The van der Waals surface area contributed by atoms with E-state index in [1.807, 2.05) is 6.08 Å². The number of fused-ring (bicyclic) bond motifs is 2. The van der Waals surface area contributed by atoms with Gasteiger partial charge in [0.2, 0.25) is 0 Å². The maximum atomic E-state index is 4.09. The van der Waals surface area contributed by atoms with Crippen LogP contribution in [0.2, 0.25) is 0 Å². The monoisotopic (exact) mass is 293 g/mol. The van der Waals surface area contributed by atoms with E-state index in [9.17, 15) is 0 Å². The van der Waals surface area contributed by atoms with Crippen LogP contribution < -0.4 is 0 Å². The van der Waals surface area contributed by atoms with Gasteiger partial charge in [0, 0.05) is 0 Å². The Labute approximate surface area is 136 Å². The third-order valence-corrected chi connectivity index (χ3v) is 4.36. The second-order valence-corrected chi connectivity index (χ2v) is 5.67. The Hall–Kier alpha value is -2.86. The Morgan fingerprint density at radius 2 is 1.00 bits per heavy atom. The zero-order valence-corrected chi connectivity index (χ0v) is 12.9. The molecule has 0 nitrogen and oxygen atoms in total. The van der Waals surface area contributed by atoms with Crippen molar-refractivity contribution in [1.82, 2.24) is 0 Å². The molecule has 4 rings (SSSR count). The Morgan fingerprint density at radius 1 is 0.565 bits per heavy atom. The van der Waals surface area contributed by atoms with Crippen molar-refractivity contribution in [2.24, 2.45) is 0 Å². The van der Waals surface area contributed by atoms with Crippen molar-refractivity contribution in [3.63, 3.8) is 0 Å². The van der Waals surface area contributed by atoms with Crippen LogP contribution in [0.5, 0.6) is 0 Å². The average molecular weight is 293 g/mol. The van der Waals surface area contributed by atoms with E-state index in [2.05, 4.69) is 91.5 Å². The first-order chi connectivity index (χ1) is 11.4. The minimum atomic E-state index is 1.18. The fourth-order valence-electron chi connectivity index (χ4n) is 3.29. The Kier molecular flexibility index (Phi) is 3.44. The highest BCUT2D eigenvalue weighted by molar-refractivity contribution is 5.93. The fourth-order valence-corrected chi connectivity index (χ4v) is 3.29. The lowest BCUT2D eigenvalue weighted by Crippen LogP contribution is -2.00. The van der Waals surface area contributed by atoms with E-state index in [0.717, 1.165) is 0 Å². The molecule has 1 radical (unpaired) electrons. The van der Waals surface area contributed by atoms with Crippen LogP contribution in [0.4, 0.5) is 0 Å². The van der Waals surface area contributed by atoms with Crippen molar-refractivity contribution in [3.05, 3.63) is 115 Å². The molecule has 0 aromatic heterocycles. The van der Waals surface area contributed by atoms with Crippen molar-refractivity contribution in [3.8, 4) is 0 Å². The predicted octanol–water partition coefficient (Wildman–Crippen LogP) is 6.15. The molecule has 0 heterocycles. The van der Waals surface area contributed by atoms with Gasteiger partial charge in [0.05, 0.1) is 5.92 Å². The van der Waals surface area contributed by atoms with Crippen LogP contribution in [-0.2, 0) is 0 Å². The topological polar surface area (TPSA) is 0 Å². The average Bonchev–Trinajstić information content (AvgIpc) is 2.63. The number of benzene rings is 4. The van der Waals surface area contributed by atoms with E-state index in [0.29, 0.717) is 0 Å². The summed E-state index contributed by atoms with van der Waals surface area (Å²) in [6.07, 6.45) is 1.98. The molecule has 4 aromatic rings. The van der Waals surface area contributed by atoms with Gasteiger partial charge >= 0.3 is 0 Å². The molecule has 0 aliphatic rings. The summed E-state index contributed by atoms with van der Waals surface area (Å²) in [4.78, 5) is 0. The molecule has 23 heavy (non-hydrogen) atoms. The summed E-state index contributed by atoms with van der Waals surface area (Å²) in [6.45, 7) is 4.09. The predicted molar refractivity (Wildman–Crippen MR) is 99.5 cm³/mol. The van der Waals surface area contributed by atoms with Crippen LogP contribution in [0.3, 0.4) is 0 Å². The molecule has 0 aliphatic heterocycles. The third kappa shape index (κ3) is 2.33. The second kappa shape index (κ2) is 5.73. The number of hydrogen-bond acceptors (Lipinski definition) is 0. The van der Waals surface area contributed by atoms with Crippen LogP contribution in [0.25, 0.3) is 21.5 Å². The van der Waals surface area contributed by atoms with Gasteiger partial charge in [0.1, 0.15) is 0 Å². The minimum Gasteiger partial charge on any atom is -0.102 e. The zero-order valence-electron chi connectivity index (χ0n) is 12.9. The standard InChI is InChI=1S/C23H17/c1-2-19(22-15-7-11-17-9-3-5-13-20(17)22)23-16-8-12-18-10-4-6-14-21(18)23/h2-16H,1H2. The van der Waals surface area contributed by atoms with E-state index in [-0.39, 0.29) is 0 Å². The first kappa shape index (κ1) is 13.8. The van der Waals surface area contributed by atoms with Gasteiger partial charge in [0.15, 0.2) is 0 Å². The number of hydrogen-bond donors (Lipinski definition) is 0. The Bertz CT molecular complexity index is 905. The quantitative estimate of drug-likeness (QED) is 0.425. The molecule has 0 unspecified atom stereocenters. The van der Waals surface area contributed by atoms with Gasteiger partial charge in [-0.3, -0.25) is 0 Å². The molecule has 0 aliphatic carbocycles. The first-order valence-corrected chi connectivity index (χ1v) is 7.84. The SMILES string of the molecule is C=C[C](c1cccc2ccccc12)c1cccc2ccccc12. The Balaban J connectivity index is 1.99. The number of allylic oxidation sites excluding steroid dienone is 1. The van der Waals surface area contributed by atoms with E-state index in [4.69, 9.17) is 0 Å². The smallest absolute Gasteiger partial charge is 0.0564 e. The second-order valence-electron chi connectivity index (χ2n) is 5.67. The van der Waals surface area contributed by atoms with Crippen LogP contribution in [-0.4, -0.2) is 0 Å². The van der Waals surface area contributed by atoms with E-state index in [1.54, 1.807) is 0 Å². The summed E-state index contributed by atoms with van der Waals surface area (Å²) in [5.41, 5.74) is 2.46. The Morgan fingerprint density at radius 3 is 1.48 bits per heavy atom.